The van der Waals surface area contributed by atoms with Gasteiger partial charge in [-0.1, -0.05) is 11.6 Å². The summed E-state index contributed by atoms with van der Waals surface area (Å²) in [7, 11) is 0. The molecule has 56 valence electrons. The highest BCUT2D eigenvalue weighted by molar-refractivity contribution is 7.80. The van der Waals surface area contributed by atoms with Crippen LogP contribution in [0.25, 0.3) is 0 Å². The van der Waals surface area contributed by atoms with Crippen LogP contribution in [0.15, 0.2) is 17.0 Å². The molecule has 0 heterocycles. The Morgan fingerprint density at radius 3 is 2.64 bits per heavy atom. The van der Waals surface area contributed by atoms with Gasteiger partial charge in [0, 0.05) is 4.90 Å². The van der Waals surface area contributed by atoms with Crippen LogP contribution in [0.3, 0.4) is 0 Å². The van der Waals surface area contributed by atoms with Gasteiger partial charge in [0.1, 0.15) is 5.75 Å². The zero-order chi connectivity index (χ0) is 8.43. The Hall–Kier alpha value is -0.850. The molecule has 11 heavy (non-hydrogen) atoms. The Morgan fingerprint density at radius 2 is 2.18 bits per heavy atom. The van der Waals surface area contributed by atoms with Gasteiger partial charge in [0.25, 0.3) is 0 Å². The minimum absolute atomic E-state index is 0.0889. The van der Waals surface area contributed by atoms with Crippen LogP contribution in [-0.2, 0) is 0 Å². The van der Waals surface area contributed by atoms with E-state index in [0.29, 0.717) is 10.5 Å². The molecule has 1 rings (SSSR count). The van der Waals surface area contributed by atoms with E-state index in [4.69, 9.17) is 22.0 Å². The van der Waals surface area contributed by atoms with Crippen LogP contribution in [0.5, 0.6) is 5.75 Å². The average Bonchev–Trinajstić information content (AvgIpc) is 1.99. The molecule has 0 atom stereocenters. The van der Waals surface area contributed by atoms with E-state index in [0.717, 1.165) is 0 Å². The first-order valence-corrected chi connectivity index (χ1v) is 3.59. The summed E-state index contributed by atoms with van der Waals surface area (Å²) in [4.78, 5) is 0.314. The van der Waals surface area contributed by atoms with E-state index in [1.54, 1.807) is 0 Å². The van der Waals surface area contributed by atoms with Crippen molar-refractivity contribution in [2.75, 3.05) is 0 Å². The number of benzene rings is 1. The molecule has 0 amide bonds. The minimum atomic E-state index is -0.0889. The van der Waals surface area contributed by atoms with Crippen molar-refractivity contribution in [1.29, 1.82) is 5.26 Å². The molecule has 0 aliphatic heterocycles. The molecular formula is C7H4ClNOS. The van der Waals surface area contributed by atoms with Crippen LogP contribution in [0, 0.1) is 11.3 Å². The molecule has 2 nitrogen and oxygen atoms in total. The van der Waals surface area contributed by atoms with Gasteiger partial charge in [0.15, 0.2) is 0 Å². The van der Waals surface area contributed by atoms with E-state index in [-0.39, 0.29) is 10.8 Å². The Balaban J connectivity index is 3.35. The normalized spacial score (nSPS) is 9.18. The van der Waals surface area contributed by atoms with Gasteiger partial charge >= 0.3 is 0 Å². The molecule has 0 saturated carbocycles. The second kappa shape index (κ2) is 3.04. The predicted molar refractivity (Wildman–Crippen MR) is 45.1 cm³/mol. The monoisotopic (exact) mass is 185 g/mol. The SMILES string of the molecule is N#Cc1cc(S)c(O)c(Cl)c1. The fourth-order valence-electron chi connectivity index (χ4n) is 0.649. The second-order valence-corrected chi connectivity index (χ2v) is 2.83. The molecule has 0 aliphatic carbocycles. The van der Waals surface area contributed by atoms with Crippen LogP contribution in [0.4, 0.5) is 0 Å². The summed E-state index contributed by atoms with van der Waals surface area (Å²) in [5.74, 6) is -0.0889. The lowest BCUT2D eigenvalue weighted by molar-refractivity contribution is 0.463. The molecule has 0 spiro atoms. The number of nitriles is 1. The van der Waals surface area contributed by atoms with Crippen LogP contribution in [0.2, 0.25) is 5.02 Å². The summed E-state index contributed by atoms with van der Waals surface area (Å²) < 4.78 is 0. The standard InChI is InChI=1S/C7H4ClNOS/c8-5-1-4(3-9)2-6(11)7(5)10/h1-2,10-11H. The Labute approximate surface area is 74.4 Å². The van der Waals surface area contributed by atoms with Crippen molar-refractivity contribution >= 4 is 24.2 Å². The fourth-order valence-corrected chi connectivity index (χ4v) is 1.19. The van der Waals surface area contributed by atoms with Crippen molar-refractivity contribution in [1.82, 2.24) is 0 Å². The molecule has 0 aliphatic rings. The van der Waals surface area contributed by atoms with Crippen LogP contribution in [-0.4, -0.2) is 5.11 Å². The molecule has 0 radical (unpaired) electrons. The first kappa shape index (κ1) is 8.25. The number of thiol groups is 1. The average molecular weight is 186 g/mol. The van der Waals surface area contributed by atoms with E-state index in [1.165, 1.54) is 12.1 Å². The van der Waals surface area contributed by atoms with Crippen molar-refractivity contribution in [2.45, 2.75) is 4.90 Å². The molecule has 1 aromatic rings. The van der Waals surface area contributed by atoms with Crippen LogP contribution >= 0.6 is 24.2 Å². The lowest BCUT2D eigenvalue weighted by Crippen LogP contribution is -1.77. The van der Waals surface area contributed by atoms with Crippen molar-refractivity contribution in [3.63, 3.8) is 0 Å². The van der Waals surface area contributed by atoms with Crippen molar-refractivity contribution in [3.8, 4) is 11.8 Å². The number of nitrogens with zero attached hydrogens (tertiary/aromatic N) is 1. The number of aromatic hydroxyl groups is 1. The quantitative estimate of drug-likeness (QED) is 0.609. The minimum Gasteiger partial charge on any atom is -0.505 e. The lowest BCUT2D eigenvalue weighted by Gasteiger charge is -1.99. The number of rotatable bonds is 0. The zero-order valence-corrected chi connectivity index (χ0v) is 7.02. The highest BCUT2D eigenvalue weighted by atomic mass is 35.5. The smallest absolute Gasteiger partial charge is 0.147 e. The maximum absolute atomic E-state index is 9.11. The van der Waals surface area contributed by atoms with Gasteiger partial charge in [-0.25, -0.2) is 0 Å². The Bertz CT molecular complexity index is 309. The number of phenolic OH excluding ortho intramolecular Hbond substituents is 1. The van der Waals surface area contributed by atoms with E-state index in [2.05, 4.69) is 12.6 Å². The van der Waals surface area contributed by atoms with Gasteiger partial charge in [-0.15, -0.1) is 12.6 Å². The largest absolute Gasteiger partial charge is 0.505 e. The Kier molecular flexibility index (Phi) is 2.28. The summed E-state index contributed by atoms with van der Waals surface area (Å²) in [6.07, 6.45) is 0. The van der Waals surface area contributed by atoms with Gasteiger partial charge in [0.05, 0.1) is 16.7 Å². The fraction of sp³-hybridized carbons (Fsp3) is 0. The van der Waals surface area contributed by atoms with Crippen LogP contribution < -0.4 is 0 Å². The summed E-state index contributed by atoms with van der Waals surface area (Å²) in [6.45, 7) is 0. The number of hydrogen-bond acceptors (Lipinski definition) is 3. The summed E-state index contributed by atoms with van der Waals surface area (Å²) in [5.41, 5.74) is 0.387. The molecule has 1 aromatic carbocycles. The topological polar surface area (TPSA) is 44.0 Å². The highest BCUT2D eigenvalue weighted by Crippen LogP contribution is 2.30. The molecule has 1 N–H and O–H groups in total. The summed E-state index contributed by atoms with van der Waals surface area (Å²) in [6, 6.07) is 4.73. The van der Waals surface area contributed by atoms with Gasteiger partial charge in [0.2, 0.25) is 0 Å². The first-order valence-electron chi connectivity index (χ1n) is 2.76. The molecule has 0 saturated heterocycles. The third-order valence-corrected chi connectivity index (χ3v) is 1.80. The molecule has 0 unspecified atom stereocenters. The maximum Gasteiger partial charge on any atom is 0.147 e. The number of phenols is 1. The molecule has 0 fully saturated rings. The lowest BCUT2D eigenvalue weighted by atomic mass is 10.2. The van der Waals surface area contributed by atoms with E-state index in [9.17, 15) is 0 Å². The zero-order valence-electron chi connectivity index (χ0n) is 5.37. The van der Waals surface area contributed by atoms with E-state index < -0.39 is 0 Å². The third kappa shape index (κ3) is 1.59. The highest BCUT2D eigenvalue weighted by Gasteiger charge is 2.04. The van der Waals surface area contributed by atoms with Crippen LogP contribution in [0.1, 0.15) is 5.56 Å². The number of hydrogen-bond donors (Lipinski definition) is 2. The Morgan fingerprint density at radius 1 is 1.55 bits per heavy atom. The maximum atomic E-state index is 9.11. The van der Waals surface area contributed by atoms with E-state index in [1.807, 2.05) is 6.07 Å². The number of halogens is 1. The van der Waals surface area contributed by atoms with E-state index >= 15 is 0 Å². The summed E-state index contributed by atoms with van der Waals surface area (Å²) >= 11 is 9.45. The van der Waals surface area contributed by atoms with Crippen molar-refractivity contribution < 1.29 is 5.11 Å². The first-order chi connectivity index (χ1) is 5.15. The molecule has 0 bridgehead atoms. The van der Waals surface area contributed by atoms with Gasteiger partial charge < -0.3 is 5.11 Å². The van der Waals surface area contributed by atoms with Gasteiger partial charge in [-0.05, 0) is 12.1 Å². The van der Waals surface area contributed by atoms with Crippen molar-refractivity contribution in [2.24, 2.45) is 0 Å². The third-order valence-electron chi connectivity index (χ3n) is 1.17. The van der Waals surface area contributed by atoms with Gasteiger partial charge in [-0.3, -0.25) is 0 Å². The summed E-state index contributed by atoms with van der Waals surface area (Å²) in [5, 5.41) is 17.7. The molecular weight excluding hydrogens is 182 g/mol. The van der Waals surface area contributed by atoms with Gasteiger partial charge in [-0.2, -0.15) is 5.26 Å². The predicted octanol–water partition coefficient (Wildman–Crippen LogP) is 2.21. The molecule has 0 aromatic heterocycles. The molecule has 4 heteroatoms. The second-order valence-electron chi connectivity index (χ2n) is 1.94. The van der Waals surface area contributed by atoms with Crippen molar-refractivity contribution in [3.05, 3.63) is 22.7 Å².